The minimum atomic E-state index is -0.263. The fraction of sp³-hybridized carbons (Fsp3) is 0.429. The number of hydrogen-bond acceptors (Lipinski definition) is 2. The maximum Gasteiger partial charge on any atom is 0.232 e. The van der Waals surface area contributed by atoms with E-state index in [1.54, 1.807) is 16.8 Å². The standard InChI is InChI=1S/C14H17ClN2O2/c1-16-10-11(9-13(16)18)14(19)17(8-7-15)12-5-3-2-4-6-12/h2-6,11H,7-10H2,1H3. The number of carbonyl (C=O) groups excluding carboxylic acids is 2. The molecule has 0 aliphatic carbocycles. The third kappa shape index (κ3) is 3.07. The average molecular weight is 281 g/mol. The van der Waals surface area contributed by atoms with Gasteiger partial charge in [0, 0.05) is 38.1 Å². The molecule has 1 aromatic rings. The Morgan fingerprint density at radius 2 is 2.11 bits per heavy atom. The number of rotatable bonds is 4. The largest absolute Gasteiger partial charge is 0.345 e. The number of hydrogen-bond donors (Lipinski definition) is 0. The van der Waals surface area contributed by atoms with Gasteiger partial charge in [0.25, 0.3) is 0 Å². The van der Waals surface area contributed by atoms with Crippen molar-refractivity contribution < 1.29 is 9.59 Å². The lowest BCUT2D eigenvalue weighted by Crippen LogP contribution is -2.38. The molecule has 2 amide bonds. The van der Waals surface area contributed by atoms with Gasteiger partial charge in [-0.2, -0.15) is 0 Å². The molecule has 19 heavy (non-hydrogen) atoms. The maximum absolute atomic E-state index is 12.5. The van der Waals surface area contributed by atoms with E-state index in [0.717, 1.165) is 5.69 Å². The Morgan fingerprint density at radius 3 is 2.63 bits per heavy atom. The molecule has 1 heterocycles. The number of anilines is 1. The zero-order valence-corrected chi connectivity index (χ0v) is 11.6. The Morgan fingerprint density at radius 1 is 1.42 bits per heavy atom. The first-order chi connectivity index (χ1) is 9.13. The van der Waals surface area contributed by atoms with Gasteiger partial charge < -0.3 is 9.80 Å². The summed E-state index contributed by atoms with van der Waals surface area (Å²) in [6.45, 7) is 0.947. The summed E-state index contributed by atoms with van der Waals surface area (Å²) in [6, 6.07) is 9.43. The third-order valence-corrected chi connectivity index (χ3v) is 3.50. The van der Waals surface area contributed by atoms with E-state index in [1.807, 2.05) is 30.3 Å². The van der Waals surface area contributed by atoms with Crippen molar-refractivity contribution in [1.29, 1.82) is 0 Å². The molecule has 1 aliphatic rings. The first-order valence-corrected chi connectivity index (χ1v) is 6.83. The van der Waals surface area contributed by atoms with Crippen molar-refractivity contribution in [2.45, 2.75) is 6.42 Å². The SMILES string of the molecule is CN1CC(C(=O)N(CCCl)c2ccccc2)CC1=O. The van der Waals surface area contributed by atoms with Crippen molar-refractivity contribution in [3.8, 4) is 0 Å². The quantitative estimate of drug-likeness (QED) is 0.788. The Bertz CT molecular complexity index is 464. The van der Waals surface area contributed by atoms with Crippen LogP contribution in [0.25, 0.3) is 0 Å². The highest BCUT2D eigenvalue weighted by atomic mass is 35.5. The van der Waals surface area contributed by atoms with Crippen LogP contribution < -0.4 is 4.90 Å². The van der Waals surface area contributed by atoms with Crippen molar-refractivity contribution in [3.05, 3.63) is 30.3 Å². The lowest BCUT2D eigenvalue weighted by Gasteiger charge is -2.24. The molecular formula is C14H17ClN2O2. The molecule has 0 aromatic heterocycles. The van der Waals surface area contributed by atoms with E-state index in [-0.39, 0.29) is 17.7 Å². The zero-order chi connectivity index (χ0) is 13.8. The van der Waals surface area contributed by atoms with E-state index in [1.165, 1.54) is 0 Å². The van der Waals surface area contributed by atoms with Gasteiger partial charge in [-0.3, -0.25) is 9.59 Å². The summed E-state index contributed by atoms with van der Waals surface area (Å²) in [7, 11) is 1.73. The lowest BCUT2D eigenvalue weighted by atomic mass is 10.1. The van der Waals surface area contributed by atoms with Crippen LogP contribution in [0.1, 0.15) is 6.42 Å². The second kappa shape index (κ2) is 6.06. The van der Waals surface area contributed by atoms with Crippen LogP contribution in [0.5, 0.6) is 0 Å². The average Bonchev–Trinajstić information content (AvgIpc) is 2.76. The second-order valence-electron chi connectivity index (χ2n) is 4.69. The number of halogens is 1. The molecule has 1 saturated heterocycles. The van der Waals surface area contributed by atoms with Crippen LogP contribution in [-0.4, -0.2) is 42.7 Å². The summed E-state index contributed by atoms with van der Waals surface area (Å²) < 4.78 is 0. The minimum absolute atomic E-state index is 0.0236. The van der Waals surface area contributed by atoms with Gasteiger partial charge in [0.05, 0.1) is 5.92 Å². The molecule has 1 unspecified atom stereocenters. The smallest absolute Gasteiger partial charge is 0.232 e. The predicted molar refractivity (Wildman–Crippen MR) is 75.3 cm³/mol. The van der Waals surface area contributed by atoms with Crippen LogP contribution in [0, 0.1) is 5.92 Å². The molecule has 1 aliphatic heterocycles. The summed E-state index contributed by atoms with van der Waals surface area (Å²) in [5, 5.41) is 0. The second-order valence-corrected chi connectivity index (χ2v) is 5.07. The first-order valence-electron chi connectivity index (χ1n) is 6.30. The molecule has 0 bridgehead atoms. The molecule has 0 spiro atoms. The number of nitrogens with zero attached hydrogens (tertiary/aromatic N) is 2. The van der Waals surface area contributed by atoms with Crippen LogP contribution in [0.4, 0.5) is 5.69 Å². The van der Waals surface area contributed by atoms with E-state index in [9.17, 15) is 9.59 Å². The molecule has 1 aromatic carbocycles. The van der Waals surface area contributed by atoms with Gasteiger partial charge in [0.2, 0.25) is 11.8 Å². The zero-order valence-electron chi connectivity index (χ0n) is 10.9. The van der Waals surface area contributed by atoms with Crippen LogP contribution in [0.15, 0.2) is 30.3 Å². The van der Waals surface area contributed by atoms with Gasteiger partial charge in [-0.05, 0) is 12.1 Å². The molecule has 0 saturated carbocycles. The van der Waals surface area contributed by atoms with E-state index in [0.29, 0.717) is 25.4 Å². The fourth-order valence-corrected chi connectivity index (χ4v) is 2.48. The molecule has 2 rings (SSSR count). The number of alkyl halides is 1. The molecule has 1 atom stereocenters. The molecule has 4 nitrogen and oxygen atoms in total. The van der Waals surface area contributed by atoms with Crippen molar-refractivity contribution in [2.75, 3.05) is 30.9 Å². The van der Waals surface area contributed by atoms with Gasteiger partial charge >= 0.3 is 0 Å². The maximum atomic E-state index is 12.5. The number of amides is 2. The molecule has 1 fully saturated rings. The fourth-order valence-electron chi connectivity index (χ4n) is 2.31. The van der Waals surface area contributed by atoms with Crippen molar-refractivity contribution in [1.82, 2.24) is 4.90 Å². The molecular weight excluding hydrogens is 264 g/mol. The monoisotopic (exact) mass is 280 g/mol. The molecule has 5 heteroatoms. The molecule has 0 radical (unpaired) electrons. The number of carbonyl (C=O) groups is 2. The van der Waals surface area contributed by atoms with Crippen molar-refractivity contribution >= 4 is 29.1 Å². The summed E-state index contributed by atoms with van der Waals surface area (Å²) in [5.41, 5.74) is 0.829. The number of benzene rings is 1. The Kier molecular flexibility index (Phi) is 4.43. The Balaban J connectivity index is 2.16. The highest BCUT2D eigenvalue weighted by molar-refractivity contribution is 6.18. The van der Waals surface area contributed by atoms with Gasteiger partial charge in [0.1, 0.15) is 0 Å². The summed E-state index contributed by atoms with van der Waals surface area (Å²) in [4.78, 5) is 27.3. The van der Waals surface area contributed by atoms with Crippen molar-refractivity contribution in [3.63, 3.8) is 0 Å². The predicted octanol–water partition coefficient (Wildman–Crippen LogP) is 1.74. The van der Waals surface area contributed by atoms with E-state index in [4.69, 9.17) is 11.6 Å². The highest BCUT2D eigenvalue weighted by Crippen LogP contribution is 2.22. The summed E-state index contributed by atoms with van der Waals surface area (Å²) in [6.07, 6.45) is 0.293. The lowest BCUT2D eigenvalue weighted by molar-refractivity contribution is -0.127. The third-order valence-electron chi connectivity index (χ3n) is 3.33. The Labute approximate surface area is 117 Å². The van der Waals surface area contributed by atoms with Crippen LogP contribution in [0.3, 0.4) is 0 Å². The minimum Gasteiger partial charge on any atom is -0.345 e. The molecule has 102 valence electrons. The van der Waals surface area contributed by atoms with Gasteiger partial charge in [-0.15, -0.1) is 11.6 Å². The molecule has 0 N–H and O–H groups in total. The number of para-hydroxylation sites is 1. The van der Waals surface area contributed by atoms with Crippen molar-refractivity contribution in [2.24, 2.45) is 5.92 Å². The number of likely N-dealkylation sites (tertiary alicyclic amines) is 1. The van der Waals surface area contributed by atoms with Gasteiger partial charge in [-0.25, -0.2) is 0 Å². The van der Waals surface area contributed by atoms with E-state index >= 15 is 0 Å². The van der Waals surface area contributed by atoms with E-state index < -0.39 is 0 Å². The summed E-state index contributed by atoms with van der Waals surface area (Å²) >= 11 is 5.78. The van der Waals surface area contributed by atoms with Gasteiger partial charge in [0.15, 0.2) is 0 Å². The van der Waals surface area contributed by atoms with Gasteiger partial charge in [-0.1, -0.05) is 18.2 Å². The summed E-state index contributed by atoms with van der Waals surface area (Å²) in [5.74, 6) is 0.111. The van der Waals surface area contributed by atoms with Crippen LogP contribution >= 0.6 is 11.6 Å². The highest BCUT2D eigenvalue weighted by Gasteiger charge is 2.34. The first kappa shape index (κ1) is 13.9. The Hall–Kier alpha value is -1.55. The van der Waals surface area contributed by atoms with E-state index in [2.05, 4.69) is 0 Å². The normalized spacial score (nSPS) is 18.7. The van der Waals surface area contributed by atoms with Crippen LogP contribution in [0.2, 0.25) is 0 Å². The van der Waals surface area contributed by atoms with Crippen LogP contribution in [-0.2, 0) is 9.59 Å². The topological polar surface area (TPSA) is 40.6 Å².